The van der Waals surface area contributed by atoms with Crippen molar-refractivity contribution in [2.24, 2.45) is 25.9 Å². The van der Waals surface area contributed by atoms with E-state index in [1.54, 1.807) is 31.6 Å². The first-order valence-corrected chi connectivity index (χ1v) is 11.7. The summed E-state index contributed by atoms with van der Waals surface area (Å²) in [5.41, 5.74) is -0.00155. The lowest BCUT2D eigenvalue weighted by Gasteiger charge is -2.17. The third-order valence-corrected chi connectivity index (χ3v) is 7.03. The number of piperidine rings is 1. The number of carbonyl (C=O) groups is 1. The molecule has 1 amide bonds. The van der Waals surface area contributed by atoms with Crippen LogP contribution in [0.15, 0.2) is 40.6 Å². The average Bonchev–Trinajstić information content (AvgIpc) is 3.27. The molecule has 4 aromatic rings. The summed E-state index contributed by atoms with van der Waals surface area (Å²) >= 11 is 0. The van der Waals surface area contributed by atoms with Crippen LogP contribution in [0.5, 0.6) is 0 Å². The molecule has 184 valence electrons. The van der Waals surface area contributed by atoms with Gasteiger partial charge in [0.05, 0.1) is 11.9 Å². The Hall–Kier alpha value is -4.42. The second-order valence-electron chi connectivity index (χ2n) is 9.39. The predicted octanol–water partition coefficient (Wildman–Crippen LogP) is 0.337. The topological polar surface area (TPSA) is 146 Å². The Morgan fingerprint density at radius 2 is 1.78 bits per heavy atom. The number of rotatable bonds is 5. The monoisotopic (exact) mass is 488 g/mol. The smallest absolute Gasteiger partial charge is 0.332 e. The summed E-state index contributed by atoms with van der Waals surface area (Å²) in [5, 5.41) is 2.77. The van der Waals surface area contributed by atoms with Crippen LogP contribution in [0, 0.1) is 11.8 Å². The molecule has 2 aliphatic rings. The van der Waals surface area contributed by atoms with Crippen molar-refractivity contribution < 1.29 is 4.79 Å². The van der Waals surface area contributed by atoms with Crippen LogP contribution in [0.3, 0.4) is 0 Å². The van der Waals surface area contributed by atoms with Crippen molar-refractivity contribution in [3.8, 4) is 11.4 Å². The molecule has 13 nitrogen and oxygen atoms in total. The highest BCUT2D eigenvalue weighted by molar-refractivity contribution is 5.93. The van der Waals surface area contributed by atoms with Crippen molar-refractivity contribution in [1.82, 2.24) is 38.6 Å². The van der Waals surface area contributed by atoms with Gasteiger partial charge in [-0.2, -0.15) is 0 Å². The Morgan fingerprint density at radius 1 is 1.06 bits per heavy atom. The highest BCUT2D eigenvalue weighted by Crippen LogP contribution is 2.45. The number of nitrogens with zero attached hydrogens (tertiary/aromatic N) is 9. The molecule has 36 heavy (non-hydrogen) atoms. The standard InChI is InChI=1S/C23H24N10O3/c1-12(33-11-27-19-17(33)21(35)31(3)23(36)30(19)2)20(34)29-16-4-5-24-18(28-16)15-7-25-22(26-8-15)32-9-13-6-14(13)10-32/h4-5,7-8,11-14H,6,9-10H2,1-3H3,(H,24,28,29,34). The third kappa shape index (κ3) is 3.54. The highest BCUT2D eigenvalue weighted by atomic mass is 16.2. The summed E-state index contributed by atoms with van der Waals surface area (Å²) < 4.78 is 3.71. The van der Waals surface area contributed by atoms with E-state index >= 15 is 0 Å². The first-order chi connectivity index (χ1) is 17.3. The lowest BCUT2D eigenvalue weighted by atomic mass is 10.3. The van der Waals surface area contributed by atoms with E-state index in [0.29, 0.717) is 23.2 Å². The van der Waals surface area contributed by atoms with Crippen molar-refractivity contribution in [2.75, 3.05) is 23.3 Å². The number of imidazole rings is 1. The summed E-state index contributed by atoms with van der Waals surface area (Å²) in [5.74, 6) is 2.55. The summed E-state index contributed by atoms with van der Waals surface area (Å²) in [6.45, 7) is 3.65. The lowest BCUT2D eigenvalue weighted by Crippen LogP contribution is -2.38. The molecule has 1 aliphatic heterocycles. The van der Waals surface area contributed by atoms with Gasteiger partial charge >= 0.3 is 5.69 Å². The normalized spacial score (nSPS) is 19.4. The fourth-order valence-electron chi connectivity index (χ4n) is 4.74. The Bertz CT molecular complexity index is 1610. The molecule has 5 heterocycles. The quantitative estimate of drug-likeness (QED) is 0.420. The molecule has 3 unspecified atom stereocenters. The minimum atomic E-state index is -0.798. The van der Waals surface area contributed by atoms with E-state index in [4.69, 9.17) is 0 Å². The van der Waals surface area contributed by atoms with Gasteiger partial charge in [0.2, 0.25) is 11.9 Å². The molecule has 1 aliphatic carbocycles. The summed E-state index contributed by atoms with van der Waals surface area (Å²) in [6, 6.07) is 0.780. The maximum Gasteiger partial charge on any atom is 0.332 e. The van der Waals surface area contributed by atoms with E-state index < -0.39 is 23.2 Å². The fourth-order valence-corrected chi connectivity index (χ4v) is 4.74. The van der Waals surface area contributed by atoms with Crippen LogP contribution < -0.4 is 21.5 Å². The van der Waals surface area contributed by atoms with Crippen LogP contribution in [-0.2, 0) is 18.9 Å². The van der Waals surface area contributed by atoms with E-state index in [0.717, 1.165) is 29.5 Å². The molecule has 1 N–H and O–H groups in total. The van der Waals surface area contributed by atoms with Gasteiger partial charge < -0.3 is 14.8 Å². The number of nitrogens with one attached hydrogen (secondary N) is 1. The summed E-state index contributed by atoms with van der Waals surface area (Å²) in [7, 11) is 2.91. The Morgan fingerprint density at radius 3 is 2.50 bits per heavy atom. The van der Waals surface area contributed by atoms with Crippen molar-refractivity contribution >= 4 is 28.8 Å². The van der Waals surface area contributed by atoms with Gasteiger partial charge in [0.1, 0.15) is 11.9 Å². The largest absolute Gasteiger partial charge is 0.340 e. The van der Waals surface area contributed by atoms with Gasteiger partial charge in [0.25, 0.3) is 5.56 Å². The molecule has 2 fully saturated rings. The predicted molar refractivity (Wildman–Crippen MR) is 130 cm³/mol. The fraction of sp³-hybridized carbons (Fsp3) is 0.391. The number of anilines is 2. The van der Waals surface area contributed by atoms with E-state index in [1.165, 1.54) is 36.0 Å². The van der Waals surface area contributed by atoms with Gasteiger partial charge in [-0.1, -0.05) is 0 Å². The highest BCUT2D eigenvalue weighted by Gasteiger charge is 2.45. The van der Waals surface area contributed by atoms with E-state index in [2.05, 4.69) is 35.1 Å². The SMILES string of the molecule is CC(C(=O)Nc1ccnc(-c2cnc(N3CC4CC4C3)nc2)n1)n1cnc2c1c(=O)n(C)c(=O)n2C. The minimum Gasteiger partial charge on any atom is -0.340 e. The number of hydrogen-bond acceptors (Lipinski definition) is 9. The molecule has 0 spiro atoms. The number of amides is 1. The van der Waals surface area contributed by atoms with Gasteiger partial charge in [-0.05, 0) is 31.2 Å². The third-order valence-electron chi connectivity index (χ3n) is 7.03. The number of aryl methyl sites for hydroxylation is 1. The molecule has 0 bridgehead atoms. The second kappa shape index (κ2) is 8.07. The molecule has 0 aromatic carbocycles. The van der Waals surface area contributed by atoms with Crippen LogP contribution in [0.1, 0.15) is 19.4 Å². The van der Waals surface area contributed by atoms with Gasteiger partial charge in [-0.3, -0.25) is 18.7 Å². The van der Waals surface area contributed by atoms with Crippen LogP contribution in [0.25, 0.3) is 22.6 Å². The first-order valence-electron chi connectivity index (χ1n) is 11.7. The molecule has 6 rings (SSSR count). The van der Waals surface area contributed by atoms with Crippen LogP contribution >= 0.6 is 0 Å². The molecule has 1 saturated heterocycles. The molecular formula is C23H24N10O3. The van der Waals surface area contributed by atoms with Crippen molar-refractivity contribution in [3.63, 3.8) is 0 Å². The molecule has 4 aromatic heterocycles. The van der Waals surface area contributed by atoms with Crippen molar-refractivity contribution in [2.45, 2.75) is 19.4 Å². The number of hydrogen-bond donors (Lipinski definition) is 1. The summed E-state index contributed by atoms with van der Waals surface area (Å²) in [6.07, 6.45) is 7.61. The van der Waals surface area contributed by atoms with Crippen molar-refractivity contribution in [1.29, 1.82) is 0 Å². The van der Waals surface area contributed by atoms with E-state index in [9.17, 15) is 14.4 Å². The number of carbonyl (C=O) groups excluding carboxylic acids is 1. The number of aromatic nitrogens is 8. The minimum absolute atomic E-state index is 0.165. The van der Waals surface area contributed by atoms with Gasteiger partial charge in [0.15, 0.2) is 17.0 Å². The number of fused-ring (bicyclic) bond motifs is 2. The zero-order valence-corrected chi connectivity index (χ0v) is 20.0. The van der Waals surface area contributed by atoms with Crippen LogP contribution in [0.2, 0.25) is 0 Å². The maximum absolute atomic E-state index is 13.0. The van der Waals surface area contributed by atoms with Gasteiger partial charge in [-0.15, -0.1) is 0 Å². The zero-order chi connectivity index (χ0) is 25.1. The van der Waals surface area contributed by atoms with Crippen LogP contribution in [0.4, 0.5) is 11.8 Å². The average molecular weight is 489 g/mol. The summed E-state index contributed by atoms with van der Waals surface area (Å²) in [4.78, 5) is 62.0. The zero-order valence-electron chi connectivity index (χ0n) is 20.0. The van der Waals surface area contributed by atoms with E-state index in [-0.39, 0.29) is 11.2 Å². The first kappa shape index (κ1) is 22.1. The molecule has 13 heteroatoms. The molecular weight excluding hydrogens is 464 g/mol. The Labute approximate surface area is 204 Å². The second-order valence-corrected chi connectivity index (χ2v) is 9.39. The van der Waals surface area contributed by atoms with E-state index in [1.807, 2.05) is 0 Å². The van der Waals surface area contributed by atoms with Crippen LogP contribution in [-0.4, -0.2) is 57.6 Å². The lowest BCUT2D eigenvalue weighted by molar-refractivity contribution is -0.118. The van der Waals surface area contributed by atoms with Crippen molar-refractivity contribution in [3.05, 3.63) is 51.8 Å². The Balaban J connectivity index is 1.22. The Kier molecular flexibility index (Phi) is 4.95. The molecule has 3 atom stereocenters. The maximum atomic E-state index is 13.0. The van der Waals surface area contributed by atoms with Gasteiger partial charge in [0, 0.05) is 45.8 Å². The molecule has 0 radical (unpaired) electrons. The molecule has 1 saturated carbocycles. The van der Waals surface area contributed by atoms with Gasteiger partial charge in [-0.25, -0.2) is 29.7 Å².